The second-order valence-corrected chi connectivity index (χ2v) is 5.71. The maximum absolute atomic E-state index is 12.2. The Bertz CT molecular complexity index is 932. The summed E-state index contributed by atoms with van der Waals surface area (Å²) in [5, 5.41) is 4.95. The summed E-state index contributed by atoms with van der Waals surface area (Å²) in [7, 11) is 0. The molecule has 2 heterocycles. The van der Waals surface area contributed by atoms with Crippen molar-refractivity contribution in [3.63, 3.8) is 0 Å². The van der Waals surface area contributed by atoms with Crippen LogP contribution in [0.1, 0.15) is 33.1 Å². The van der Waals surface area contributed by atoms with Gasteiger partial charge in [-0.2, -0.15) is 5.16 Å². The van der Waals surface area contributed by atoms with Crippen LogP contribution >= 0.6 is 0 Å². The molecule has 2 N–H and O–H groups in total. The first kappa shape index (κ1) is 15.9. The van der Waals surface area contributed by atoms with Gasteiger partial charge >= 0.3 is 0 Å². The molecule has 124 valence electrons. The van der Waals surface area contributed by atoms with Crippen LogP contribution in [0.2, 0.25) is 0 Å². The second kappa shape index (κ2) is 6.23. The molecule has 0 saturated carbocycles. The molecule has 6 heteroatoms. The van der Waals surface area contributed by atoms with Crippen LogP contribution in [0, 0.1) is 20.8 Å². The van der Waals surface area contributed by atoms with Gasteiger partial charge in [-0.05, 0) is 44.5 Å². The minimum Gasteiger partial charge on any atom is -0.383 e. The van der Waals surface area contributed by atoms with E-state index in [1.54, 1.807) is 6.92 Å². The highest BCUT2D eigenvalue weighted by Crippen LogP contribution is 2.20. The Kier molecular flexibility index (Phi) is 4.12. The summed E-state index contributed by atoms with van der Waals surface area (Å²) in [6, 6.07) is 12.1. The number of nitrogens with one attached hydrogen (secondary N) is 2. The van der Waals surface area contributed by atoms with Crippen molar-refractivity contribution >= 4 is 5.91 Å². The standard InChI is InChI=1S/C18H19N3O3/c1-11-9-14(12(2)21(11)15-7-5-4-6-8-15)10-19-17(22)16-13(3)24-20-18(16)23/h4-9H,10H2,1-3H3,(H,19,22)(H,20,23). The molecule has 1 aromatic carbocycles. The molecule has 0 aliphatic heterocycles. The number of H-pyrrole nitrogens is 1. The molecule has 0 aliphatic carbocycles. The topological polar surface area (TPSA) is 80.0 Å². The quantitative estimate of drug-likeness (QED) is 0.774. The normalized spacial score (nSPS) is 10.8. The minimum atomic E-state index is -0.514. The SMILES string of the molecule is Cc1o[nH]c(=O)c1C(=O)NCc1cc(C)n(-c2ccccc2)c1C. The van der Waals surface area contributed by atoms with E-state index in [2.05, 4.69) is 15.0 Å². The van der Waals surface area contributed by atoms with E-state index < -0.39 is 11.5 Å². The molecule has 3 rings (SSSR count). The summed E-state index contributed by atoms with van der Waals surface area (Å²) in [6.45, 7) is 5.96. The first-order chi connectivity index (χ1) is 11.5. The Morgan fingerprint density at radius 1 is 1.21 bits per heavy atom. The van der Waals surface area contributed by atoms with Crippen LogP contribution in [0.15, 0.2) is 45.7 Å². The molecule has 0 fully saturated rings. The molecule has 2 aromatic heterocycles. The van der Waals surface area contributed by atoms with Crippen LogP contribution in [0.5, 0.6) is 0 Å². The number of amides is 1. The van der Waals surface area contributed by atoms with Crippen molar-refractivity contribution in [2.45, 2.75) is 27.3 Å². The second-order valence-electron chi connectivity index (χ2n) is 5.71. The average Bonchev–Trinajstić information content (AvgIpc) is 3.05. The predicted molar refractivity (Wildman–Crippen MR) is 90.5 cm³/mol. The van der Waals surface area contributed by atoms with Crippen molar-refractivity contribution in [3.05, 3.63) is 75.0 Å². The molecule has 0 bridgehead atoms. The van der Waals surface area contributed by atoms with Crippen molar-refractivity contribution in [1.29, 1.82) is 0 Å². The third-order valence-corrected chi connectivity index (χ3v) is 4.09. The molecule has 0 atom stereocenters. The Hall–Kier alpha value is -3.02. The van der Waals surface area contributed by atoms with Crippen molar-refractivity contribution in [3.8, 4) is 5.69 Å². The summed E-state index contributed by atoms with van der Waals surface area (Å²) < 4.78 is 7.01. The van der Waals surface area contributed by atoms with Crippen LogP contribution in [-0.2, 0) is 6.54 Å². The lowest BCUT2D eigenvalue weighted by Gasteiger charge is -2.10. The fourth-order valence-electron chi connectivity index (χ4n) is 2.89. The Morgan fingerprint density at radius 3 is 2.54 bits per heavy atom. The number of aromatic amines is 1. The van der Waals surface area contributed by atoms with Gasteiger partial charge in [-0.1, -0.05) is 18.2 Å². The zero-order chi connectivity index (χ0) is 17.3. The van der Waals surface area contributed by atoms with E-state index in [0.29, 0.717) is 6.54 Å². The van der Waals surface area contributed by atoms with Crippen LogP contribution < -0.4 is 10.9 Å². The van der Waals surface area contributed by atoms with E-state index in [1.165, 1.54) is 0 Å². The molecule has 24 heavy (non-hydrogen) atoms. The Morgan fingerprint density at radius 2 is 1.92 bits per heavy atom. The van der Waals surface area contributed by atoms with Crippen LogP contribution in [0.25, 0.3) is 5.69 Å². The number of para-hydroxylation sites is 1. The Labute approximate surface area is 139 Å². The number of benzene rings is 1. The third kappa shape index (κ3) is 2.78. The molecular formula is C18H19N3O3. The highest BCUT2D eigenvalue weighted by atomic mass is 16.5. The van der Waals surface area contributed by atoms with Crippen molar-refractivity contribution in [2.75, 3.05) is 0 Å². The zero-order valence-corrected chi connectivity index (χ0v) is 13.8. The monoisotopic (exact) mass is 325 g/mol. The maximum Gasteiger partial charge on any atom is 0.293 e. The molecule has 0 unspecified atom stereocenters. The average molecular weight is 325 g/mol. The van der Waals surface area contributed by atoms with Gasteiger partial charge in [0.1, 0.15) is 11.3 Å². The molecule has 0 saturated heterocycles. The van der Waals surface area contributed by atoms with Crippen LogP contribution in [-0.4, -0.2) is 15.6 Å². The summed E-state index contributed by atoms with van der Waals surface area (Å²) >= 11 is 0. The lowest BCUT2D eigenvalue weighted by molar-refractivity contribution is 0.0948. The van der Waals surface area contributed by atoms with Crippen molar-refractivity contribution < 1.29 is 9.32 Å². The number of aryl methyl sites for hydroxylation is 2. The lowest BCUT2D eigenvalue weighted by atomic mass is 10.2. The first-order valence-corrected chi connectivity index (χ1v) is 7.68. The number of rotatable bonds is 4. The molecule has 6 nitrogen and oxygen atoms in total. The highest BCUT2D eigenvalue weighted by molar-refractivity contribution is 5.94. The Balaban J connectivity index is 1.82. The van der Waals surface area contributed by atoms with Gasteiger partial charge in [-0.15, -0.1) is 0 Å². The lowest BCUT2D eigenvalue weighted by Crippen LogP contribution is -2.28. The molecule has 0 spiro atoms. The van der Waals surface area contributed by atoms with Gasteiger partial charge in [0.05, 0.1) is 0 Å². The van der Waals surface area contributed by atoms with E-state index in [1.807, 2.05) is 50.2 Å². The van der Waals surface area contributed by atoms with Crippen LogP contribution in [0.3, 0.4) is 0 Å². The summed E-state index contributed by atoms with van der Waals surface area (Å²) in [5.41, 5.74) is 3.72. The van der Waals surface area contributed by atoms with Gasteiger partial charge < -0.3 is 14.4 Å². The summed E-state index contributed by atoms with van der Waals surface area (Å²) in [6.07, 6.45) is 0. The van der Waals surface area contributed by atoms with E-state index >= 15 is 0 Å². The number of hydrogen-bond acceptors (Lipinski definition) is 3. The van der Waals surface area contributed by atoms with Gasteiger partial charge in [0, 0.05) is 23.6 Å². The third-order valence-electron chi connectivity index (χ3n) is 4.09. The number of aromatic nitrogens is 2. The maximum atomic E-state index is 12.2. The summed E-state index contributed by atoms with van der Waals surface area (Å²) in [4.78, 5) is 23.8. The highest BCUT2D eigenvalue weighted by Gasteiger charge is 2.18. The van der Waals surface area contributed by atoms with E-state index in [9.17, 15) is 9.59 Å². The molecular weight excluding hydrogens is 306 g/mol. The summed E-state index contributed by atoms with van der Waals surface area (Å²) in [5.74, 6) is -0.153. The van der Waals surface area contributed by atoms with Gasteiger partial charge in [0.15, 0.2) is 0 Å². The number of hydrogen-bond donors (Lipinski definition) is 2. The number of carbonyl (C=O) groups is 1. The largest absolute Gasteiger partial charge is 0.383 e. The van der Waals surface area contributed by atoms with Crippen molar-refractivity contribution in [2.24, 2.45) is 0 Å². The number of nitrogens with zero attached hydrogens (tertiary/aromatic N) is 1. The number of carbonyl (C=O) groups excluding carboxylic acids is 1. The fraction of sp³-hybridized carbons (Fsp3) is 0.222. The van der Waals surface area contributed by atoms with E-state index in [-0.39, 0.29) is 11.3 Å². The van der Waals surface area contributed by atoms with Crippen LogP contribution in [0.4, 0.5) is 0 Å². The molecule has 1 amide bonds. The van der Waals surface area contributed by atoms with Gasteiger partial charge in [0.25, 0.3) is 11.5 Å². The minimum absolute atomic E-state index is 0.0202. The molecule has 0 aliphatic rings. The van der Waals surface area contributed by atoms with Gasteiger partial charge in [-0.25, -0.2) is 0 Å². The molecule has 0 radical (unpaired) electrons. The predicted octanol–water partition coefficient (Wildman–Crippen LogP) is 2.61. The van der Waals surface area contributed by atoms with E-state index in [4.69, 9.17) is 4.52 Å². The zero-order valence-electron chi connectivity index (χ0n) is 13.8. The fourth-order valence-corrected chi connectivity index (χ4v) is 2.89. The smallest absolute Gasteiger partial charge is 0.293 e. The van der Waals surface area contributed by atoms with Crippen molar-refractivity contribution in [1.82, 2.24) is 15.0 Å². The molecule has 3 aromatic rings. The van der Waals surface area contributed by atoms with Gasteiger partial charge in [0.2, 0.25) is 0 Å². The van der Waals surface area contributed by atoms with Gasteiger partial charge in [-0.3, -0.25) is 9.59 Å². The first-order valence-electron chi connectivity index (χ1n) is 7.68. The van der Waals surface area contributed by atoms with E-state index in [0.717, 1.165) is 22.6 Å².